The van der Waals surface area contributed by atoms with E-state index in [1.54, 1.807) is 0 Å². The Balaban J connectivity index is 1.55. The molecule has 1 aromatic rings. The van der Waals surface area contributed by atoms with Gasteiger partial charge in [-0.25, -0.2) is 4.98 Å². The summed E-state index contributed by atoms with van der Waals surface area (Å²) in [5.74, 6) is 0.933. The zero-order chi connectivity index (χ0) is 10.3. The van der Waals surface area contributed by atoms with Gasteiger partial charge in [0.15, 0.2) is 0 Å². The lowest BCUT2D eigenvalue weighted by Crippen LogP contribution is -2.19. The number of hydrogen-bond donors (Lipinski definition) is 1. The Morgan fingerprint density at radius 1 is 1.53 bits per heavy atom. The van der Waals surface area contributed by atoms with Gasteiger partial charge in [0.25, 0.3) is 0 Å². The molecule has 0 aromatic carbocycles. The Morgan fingerprint density at radius 2 is 2.40 bits per heavy atom. The van der Waals surface area contributed by atoms with Crippen LogP contribution < -0.4 is 5.32 Å². The molecular formula is C12H19N3. The van der Waals surface area contributed by atoms with E-state index in [4.69, 9.17) is 0 Å². The van der Waals surface area contributed by atoms with Crippen LogP contribution in [0.15, 0.2) is 12.5 Å². The number of rotatable bonds is 5. The second-order valence-electron chi connectivity index (χ2n) is 4.91. The third-order valence-electron chi connectivity index (χ3n) is 3.68. The summed E-state index contributed by atoms with van der Waals surface area (Å²) in [6.45, 7) is 3.28. The molecule has 3 nitrogen and oxygen atoms in total. The van der Waals surface area contributed by atoms with E-state index < -0.39 is 0 Å². The number of nitrogens with one attached hydrogen (secondary N) is 1. The molecule has 2 atom stereocenters. The molecule has 0 spiro atoms. The smallest absolute Gasteiger partial charge is 0.0951 e. The monoisotopic (exact) mass is 205 g/mol. The van der Waals surface area contributed by atoms with Crippen molar-refractivity contribution in [2.75, 3.05) is 0 Å². The fraction of sp³-hybridized carbons (Fsp3) is 0.750. The third-order valence-corrected chi connectivity index (χ3v) is 3.68. The van der Waals surface area contributed by atoms with Crippen molar-refractivity contribution >= 4 is 0 Å². The minimum Gasteiger partial charge on any atom is -0.330 e. The van der Waals surface area contributed by atoms with Crippen LogP contribution in [0.2, 0.25) is 0 Å². The molecule has 2 aliphatic carbocycles. The van der Waals surface area contributed by atoms with E-state index in [0.717, 1.165) is 24.5 Å². The van der Waals surface area contributed by atoms with Crippen molar-refractivity contribution in [2.45, 2.75) is 51.2 Å². The molecule has 3 heteroatoms. The summed E-state index contributed by atoms with van der Waals surface area (Å²) in [7, 11) is 0. The van der Waals surface area contributed by atoms with Gasteiger partial charge in [0, 0.05) is 24.8 Å². The summed E-state index contributed by atoms with van der Waals surface area (Å²) in [5.41, 5.74) is 1.36. The first-order valence-corrected chi connectivity index (χ1v) is 6.12. The summed E-state index contributed by atoms with van der Waals surface area (Å²) in [4.78, 5) is 4.24. The average molecular weight is 205 g/mol. The molecule has 2 saturated carbocycles. The Morgan fingerprint density at radius 3 is 3.07 bits per heavy atom. The maximum absolute atomic E-state index is 4.24. The van der Waals surface area contributed by atoms with Gasteiger partial charge in [0.2, 0.25) is 0 Å². The predicted octanol–water partition coefficient (Wildman–Crippen LogP) is 2.11. The van der Waals surface area contributed by atoms with Crippen molar-refractivity contribution in [2.24, 2.45) is 5.92 Å². The Hall–Kier alpha value is -0.830. The molecule has 1 N–H and O–H groups in total. The first-order valence-electron chi connectivity index (χ1n) is 6.12. The molecule has 0 bridgehead atoms. The summed E-state index contributed by atoms with van der Waals surface area (Å²) < 4.78 is 2.34. The lowest BCUT2D eigenvalue weighted by atomic mass is 10.3. The Labute approximate surface area is 90.9 Å². The molecule has 3 rings (SSSR count). The lowest BCUT2D eigenvalue weighted by molar-refractivity contribution is 0.587. The summed E-state index contributed by atoms with van der Waals surface area (Å²) in [5, 5.41) is 3.62. The van der Waals surface area contributed by atoms with Crippen LogP contribution in [0.1, 0.15) is 44.3 Å². The number of aromatic nitrogens is 2. The molecule has 0 aliphatic heterocycles. The van der Waals surface area contributed by atoms with E-state index in [9.17, 15) is 0 Å². The minimum atomic E-state index is 0.755. The number of nitrogens with zero attached hydrogens (tertiary/aromatic N) is 2. The van der Waals surface area contributed by atoms with E-state index in [-0.39, 0.29) is 0 Å². The molecule has 2 aliphatic rings. The van der Waals surface area contributed by atoms with Crippen LogP contribution in [-0.4, -0.2) is 15.6 Å². The van der Waals surface area contributed by atoms with Gasteiger partial charge in [-0.15, -0.1) is 0 Å². The summed E-state index contributed by atoms with van der Waals surface area (Å²) in [6, 6.07) is 1.53. The average Bonchev–Trinajstić information content (AvgIpc) is 3.16. The second kappa shape index (κ2) is 3.63. The zero-order valence-electron chi connectivity index (χ0n) is 9.32. The van der Waals surface area contributed by atoms with Gasteiger partial charge in [-0.05, 0) is 25.2 Å². The maximum Gasteiger partial charge on any atom is 0.0951 e. The van der Waals surface area contributed by atoms with Crippen LogP contribution in [0, 0.1) is 5.92 Å². The highest BCUT2D eigenvalue weighted by Crippen LogP contribution is 2.36. The molecule has 1 aromatic heterocycles. The first kappa shape index (κ1) is 9.40. The quantitative estimate of drug-likeness (QED) is 0.798. The van der Waals surface area contributed by atoms with E-state index in [0.29, 0.717) is 0 Å². The first-order chi connectivity index (χ1) is 7.38. The van der Waals surface area contributed by atoms with Crippen molar-refractivity contribution in [1.82, 2.24) is 14.9 Å². The van der Waals surface area contributed by atoms with Gasteiger partial charge in [-0.1, -0.05) is 13.3 Å². The van der Waals surface area contributed by atoms with Crippen LogP contribution in [-0.2, 0) is 6.54 Å². The van der Waals surface area contributed by atoms with Gasteiger partial charge in [-0.3, -0.25) is 0 Å². The van der Waals surface area contributed by atoms with Crippen molar-refractivity contribution in [3.05, 3.63) is 18.2 Å². The van der Waals surface area contributed by atoms with Crippen LogP contribution in [0.4, 0.5) is 0 Å². The standard InChI is InChI=1S/C12H19N3/c1-2-9-5-12(9)14-7-11-6-13-8-15(11)10-3-4-10/h6,8-10,12,14H,2-5,7H2,1H3. The zero-order valence-corrected chi connectivity index (χ0v) is 9.32. The lowest BCUT2D eigenvalue weighted by Gasteiger charge is -2.07. The maximum atomic E-state index is 4.24. The summed E-state index contributed by atoms with van der Waals surface area (Å²) in [6.07, 6.45) is 9.36. The van der Waals surface area contributed by atoms with Crippen LogP contribution in [0.5, 0.6) is 0 Å². The highest BCUT2D eigenvalue weighted by molar-refractivity contribution is 5.04. The van der Waals surface area contributed by atoms with E-state index >= 15 is 0 Å². The van der Waals surface area contributed by atoms with Crippen LogP contribution in [0.3, 0.4) is 0 Å². The van der Waals surface area contributed by atoms with Gasteiger partial charge in [0.1, 0.15) is 0 Å². The minimum absolute atomic E-state index is 0.755. The molecular weight excluding hydrogens is 186 g/mol. The Kier molecular flexibility index (Phi) is 2.28. The van der Waals surface area contributed by atoms with E-state index in [1.807, 2.05) is 12.5 Å². The van der Waals surface area contributed by atoms with Crippen molar-refractivity contribution < 1.29 is 0 Å². The molecule has 2 unspecified atom stereocenters. The van der Waals surface area contributed by atoms with Crippen LogP contribution in [0.25, 0.3) is 0 Å². The SMILES string of the molecule is CCC1CC1NCc1cncn1C1CC1. The van der Waals surface area contributed by atoms with Gasteiger partial charge < -0.3 is 9.88 Å². The van der Waals surface area contributed by atoms with Crippen LogP contribution >= 0.6 is 0 Å². The van der Waals surface area contributed by atoms with Gasteiger partial charge >= 0.3 is 0 Å². The predicted molar refractivity (Wildman–Crippen MR) is 59.5 cm³/mol. The van der Waals surface area contributed by atoms with Crippen molar-refractivity contribution in [3.8, 4) is 0 Å². The number of imidazole rings is 1. The number of hydrogen-bond acceptors (Lipinski definition) is 2. The molecule has 0 radical (unpaired) electrons. The molecule has 0 amide bonds. The van der Waals surface area contributed by atoms with E-state index in [1.165, 1.54) is 31.4 Å². The molecule has 2 fully saturated rings. The highest BCUT2D eigenvalue weighted by atomic mass is 15.1. The fourth-order valence-electron chi connectivity index (χ4n) is 2.33. The highest BCUT2D eigenvalue weighted by Gasteiger charge is 2.35. The molecule has 0 saturated heterocycles. The molecule has 1 heterocycles. The fourth-order valence-corrected chi connectivity index (χ4v) is 2.33. The summed E-state index contributed by atoms with van der Waals surface area (Å²) >= 11 is 0. The molecule has 82 valence electrons. The van der Waals surface area contributed by atoms with Crippen molar-refractivity contribution in [3.63, 3.8) is 0 Å². The van der Waals surface area contributed by atoms with Gasteiger partial charge in [0.05, 0.1) is 12.0 Å². The Bertz CT molecular complexity index is 340. The van der Waals surface area contributed by atoms with E-state index in [2.05, 4.69) is 21.8 Å². The second-order valence-corrected chi connectivity index (χ2v) is 4.91. The molecule has 15 heavy (non-hydrogen) atoms. The van der Waals surface area contributed by atoms with Gasteiger partial charge in [-0.2, -0.15) is 0 Å². The topological polar surface area (TPSA) is 29.9 Å². The largest absolute Gasteiger partial charge is 0.330 e. The normalized spacial score (nSPS) is 29.4. The third kappa shape index (κ3) is 1.93. The van der Waals surface area contributed by atoms with Crippen molar-refractivity contribution in [1.29, 1.82) is 0 Å².